The Morgan fingerprint density at radius 3 is 2.47 bits per heavy atom. The average Bonchev–Trinajstić information content (AvgIpc) is 2.39. The van der Waals surface area contributed by atoms with Crippen LogP contribution in [-0.4, -0.2) is 17.8 Å². The Labute approximate surface area is 101 Å². The Kier molecular flexibility index (Phi) is 3.79. The second kappa shape index (κ2) is 5.15. The van der Waals surface area contributed by atoms with Crippen molar-refractivity contribution < 1.29 is 14.2 Å². The number of ether oxygens (including phenoxy) is 1. The third-order valence-electron chi connectivity index (χ3n) is 3.80. The van der Waals surface area contributed by atoms with Crippen LogP contribution in [-0.2, 0) is 4.74 Å². The van der Waals surface area contributed by atoms with Crippen molar-refractivity contribution in [2.45, 2.75) is 43.8 Å². The van der Waals surface area contributed by atoms with E-state index < -0.39 is 11.7 Å². The zero-order chi connectivity index (χ0) is 12.3. The van der Waals surface area contributed by atoms with Crippen LogP contribution >= 0.6 is 0 Å². The van der Waals surface area contributed by atoms with Crippen LogP contribution in [0.15, 0.2) is 24.3 Å². The first-order valence-corrected chi connectivity index (χ1v) is 6.17. The molecule has 1 aromatic rings. The van der Waals surface area contributed by atoms with Gasteiger partial charge in [-0.1, -0.05) is 37.5 Å². The highest BCUT2D eigenvalue weighted by Gasteiger charge is 2.40. The summed E-state index contributed by atoms with van der Waals surface area (Å²) in [5.41, 5.74) is -0.267. The number of methoxy groups -OCH3 is 1. The highest BCUT2D eigenvalue weighted by molar-refractivity contribution is 5.23. The van der Waals surface area contributed by atoms with Gasteiger partial charge in [0.05, 0.1) is 5.60 Å². The molecule has 1 unspecified atom stereocenters. The van der Waals surface area contributed by atoms with E-state index in [-0.39, 0.29) is 5.82 Å². The molecule has 0 radical (unpaired) electrons. The molecule has 0 bridgehead atoms. The number of rotatable bonds is 3. The van der Waals surface area contributed by atoms with Crippen molar-refractivity contribution in [3.63, 3.8) is 0 Å². The van der Waals surface area contributed by atoms with E-state index in [1.807, 2.05) is 0 Å². The van der Waals surface area contributed by atoms with E-state index in [2.05, 4.69) is 0 Å². The molecule has 94 valence electrons. The van der Waals surface area contributed by atoms with E-state index in [4.69, 9.17) is 4.74 Å². The SMILES string of the molecule is COC1(C(O)c2ccccc2F)CCCCC1. The molecule has 1 aliphatic carbocycles. The predicted octanol–water partition coefficient (Wildman–Crippen LogP) is 3.21. The Morgan fingerprint density at radius 2 is 1.88 bits per heavy atom. The summed E-state index contributed by atoms with van der Waals surface area (Å²) in [5, 5.41) is 10.4. The topological polar surface area (TPSA) is 29.5 Å². The van der Waals surface area contributed by atoms with E-state index >= 15 is 0 Å². The highest BCUT2D eigenvalue weighted by Crippen LogP contribution is 2.41. The van der Waals surface area contributed by atoms with E-state index in [0.29, 0.717) is 5.56 Å². The zero-order valence-electron chi connectivity index (χ0n) is 10.2. The van der Waals surface area contributed by atoms with Gasteiger partial charge < -0.3 is 9.84 Å². The van der Waals surface area contributed by atoms with E-state index in [0.717, 1.165) is 32.1 Å². The van der Waals surface area contributed by atoms with Crippen LogP contribution in [0.4, 0.5) is 4.39 Å². The van der Waals surface area contributed by atoms with E-state index in [9.17, 15) is 9.50 Å². The summed E-state index contributed by atoms with van der Waals surface area (Å²) in [6, 6.07) is 6.39. The molecule has 1 fully saturated rings. The molecular formula is C14H19FO2. The molecule has 0 amide bonds. The molecule has 2 nitrogen and oxygen atoms in total. The number of halogens is 1. The van der Waals surface area contributed by atoms with Gasteiger partial charge in [0.25, 0.3) is 0 Å². The third-order valence-corrected chi connectivity index (χ3v) is 3.80. The third kappa shape index (κ3) is 2.35. The van der Waals surface area contributed by atoms with Gasteiger partial charge in [-0.2, -0.15) is 0 Å². The smallest absolute Gasteiger partial charge is 0.129 e. The lowest BCUT2D eigenvalue weighted by molar-refractivity contribution is -0.126. The van der Waals surface area contributed by atoms with Gasteiger partial charge in [0.15, 0.2) is 0 Å². The minimum Gasteiger partial charge on any atom is -0.385 e. The summed E-state index contributed by atoms with van der Waals surface area (Å²) < 4.78 is 19.2. The largest absolute Gasteiger partial charge is 0.385 e. The molecule has 0 aromatic heterocycles. The maximum Gasteiger partial charge on any atom is 0.129 e. The molecule has 3 heteroatoms. The van der Waals surface area contributed by atoms with E-state index in [1.54, 1.807) is 25.3 Å². The van der Waals surface area contributed by atoms with Crippen LogP contribution < -0.4 is 0 Å². The van der Waals surface area contributed by atoms with Gasteiger partial charge in [-0.3, -0.25) is 0 Å². The van der Waals surface area contributed by atoms with Gasteiger partial charge in [-0.05, 0) is 18.9 Å². The number of aliphatic hydroxyl groups excluding tert-OH is 1. The van der Waals surface area contributed by atoms with Crippen LogP contribution in [0.25, 0.3) is 0 Å². The van der Waals surface area contributed by atoms with Crippen LogP contribution in [0.3, 0.4) is 0 Å². The van der Waals surface area contributed by atoms with Gasteiger partial charge in [0.1, 0.15) is 11.9 Å². The minimum atomic E-state index is -0.881. The lowest BCUT2D eigenvalue weighted by atomic mass is 9.78. The Hall–Kier alpha value is -0.930. The number of benzene rings is 1. The standard InChI is InChI=1S/C14H19FO2/c1-17-14(9-5-2-6-10-14)13(16)11-7-3-4-8-12(11)15/h3-4,7-8,13,16H,2,5-6,9-10H2,1H3. The van der Waals surface area contributed by atoms with Crippen LogP contribution in [0.2, 0.25) is 0 Å². The van der Waals surface area contributed by atoms with Crippen LogP contribution in [0, 0.1) is 5.82 Å². The number of hydrogen-bond acceptors (Lipinski definition) is 2. The van der Waals surface area contributed by atoms with Crippen molar-refractivity contribution in [3.05, 3.63) is 35.6 Å². The fraction of sp³-hybridized carbons (Fsp3) is 0.571. The van der Waals surface area contributed by atoms with Crippen molar-refractivity contribution in [1.82, 2.24) is 0 Å². The normalized spacial score (nSPS) is 21.1. The van der Waals surface area contributed by atoms with Gasteiger partial charge >= 0.3 is 0 Å². The predicted molar refractivity (Wildman–Crippen MR) is 64.2 cm³/mol. The Bertz CT molecular complexity index is 372. The highest BCUT2D eigenvalue weighted by atomic mass is 19.1. The number of aliphatic hydroxyl groups is 1. The second-order valence-corrected chi connectivity index (χ2v) is 4.75. The van der Waals surface area contributed by atoms with Gasteiger partial charge in [-0.15, -0.1) is 0 Å². The fourth-order valence-electron chi connectivity index (χ4n) is 2.72. The summed E-state index contributed by atoms with van der Waals surface area (Å²) in [7, 11) is 1.61. The van der Waals surface area contributed by atoms with Crippen molar-refractivity contribution in [2.75, 3.05) is 7.11 Å². The molecule has 2 rings (SSSR count). The summed E-state index contributed by atoms with van der Waals surface area (Å²) >= 11 is 0. The minimum absolute atomic E-state index is 0.344. The molecule has 1 N–H and O–H groups in total. The summed E-state index contributed by atoms with van der Waals surface area (Å²) in [4.78, 5) is 0. The first-order chi connectivity index (χ1) is 8.19. The fourth-order valence-corrected chi connectivity index (χ4v) is 2.72. The molecule has 0 aliphatic heterocycles. The second-order valence-electron chi connectivity index (χ2n) is 4.75. The van der Waals surface area contributed by atoms with Crippen LogP contribution in [0.1, 0.15) is 43.8 Å². The molecule has 1 aliphatic rings. The maximum absolute atomic E-state index is 13.7. The maximum atomic E-state index is 13.7. The molecular weight excluding hydrogens is 219 g/mol. The molecule has 1 atom stereocenters. The van der Waals surface area contributed by atoms with Gasteiger partial charge in [0.2, 0.25) is 0 Å². The number of hydrogen-bond donors (Lipinski definition) is 1. The van der Waals surface area contributed by atoms with Crippen molar-refractivity contribution in [1.29, 1.82) is 0 Å². The first-order valence-electron chi connectivity index (χ1n) is 6.17. The lowest BCUT2D eigenvalue weighted by Crippen LogP contribution is -2.40. The summed E-state index contributed by atoms with van der Waals surface area (Å²) in [6.45, 7) is 0. The van der Waals surface area contributed by atoms with Gasteiger partial charge in [-0.25, -0.2) is 4.39 Å². The molecule has 1 aromatic carbocycles. The quantitative estimate of drug-likeness (QED) is 0.876. The molecule has 17 heavy (non-hydrogen) atoms. The Morgan fingerprint density at radius 1 is 1.24 bits per heavy atom. The van der Waals surface area contributed by atoms with Crippen molar-refractivity contribution >= 4 is 0 Å². The molecule has 0 heterocycles. The van der Waals surface area contributed by atoms with Crippen LogP contribution in [0.5, 0.6) is 0 Å². The zero-order valence-corrected chi connectivity index (χ0v) is 10.2. The van der Waals surface area contributed by atoms with Crippen molar-refractivity contribution in [2.24, 2.45) is 0 Å². The summed E-state index contributed by atoms with van der Waals surface area (Å²) in [6.07, 6.45) is 3.92. The first kappa shape index (κ1) is 12.5. The molecule has 0 saturated heterocycles. The molecule has 1 saturated carbocycles. The molecule has 0 spiro atoms. The Balaban J connectivity index is 2.28. The van der Waals surface area contributed by atoms with Crippen molar-refractivity contribution in [3.8, 4) is 0 Å². The lowest BCUT2D eigenvalue weighted by Gasteiger charge is -2.40. The van der Waals surface area contributed by atoms with E-state index in [1.165, 1.54) is 6.07 Å². The van der Waals surface area contributed by atoms with Gasteiger partial charge in [0, 0.05) is 12.7 Å². The average molecular weight is 238 g/mol. The summed E-state index contributed by atoms with van der Waals surface area (Å²) in [5.74, 6) is -0.359. The monoisotopic (exact) mass is 238 g/mol.